The van der Waals surface area contributed by atoms with E-state index in [9.17, 15) is 0 Å². The first-order chi connectivity index (χ1) is 9.38. The molecule has 0 unspecified atom stereocenters. The first-order valence-electron chi connectivity index (χ1n) is 7.45. The lowest BCUT2D eigenvalue weighted by molar-refractivity contribution is 0.205. The Kier molecular flexibility index (Phi) is 4.04. The molecular weight excluding hydrogens is 236 g/mol. The zero-order valence-corrected chi connectivity index (χ0v) is 11.8. The van der Waals surface area contributed by atoms with Gasteiger partial charge in [-0.2, -0.15) is 0 Å². The second-order valence-corrected chi connectivity index (χ2v) is 5.70. The molecule has 104 valence electrons. The standard InChI is InChI=1S/C16H24N2O/c1-19-11-10-18(15-8-9-15)16-5-3-2-4-13(16)12-17-14-6-7-14/h2-5,14-15,17H,6-12H2,1H3. The van der Waals surface area contributed by atoms with Gasteiger partial charge in [-0.05, 0) is 37.3 Å². The maximum atomic E-state index is 5.26. The van der Waals surface area contributed by atoms with Gasteiger partial charge >= 0.3 is 0 Å². The Balaban J connectivity index is 1.71. The molecule has 0 aromatic heterocycles. The van der Waals surface area contributed by atoms with Gasteiger partial charge in [-0.25, -0.2) is 0 Å². The molecule has 0 amide bonds. The monoisotopic (exact) mass is 260 g/mol. The predicted octanol–water partition coefficient (Wildman–Crippen LogP) is 2.55. The number of benzene rings is 1. The molecule has 2 aliphatic rings. The summed E-state index contributed by atoms with van der Waals surface area (Å²) in [5, 5.41) is 3.63. The van der Waals surface area contributed by atoms with Crippen LogP contribution in [-0.2, 0) is 11.3 Å². The van der Waals surface area contributed by atoms with Crippen LogP contribution in [0.5, 0.6) is 0 Å². The van der Waals surface area contributed by atoms with Crippen molar-refractivity contribution in [2.45, 2.75) is 44.3 Å². The molecule has 1 aromatic carbocycles. The SMILES string of the molecule is COCCN(c1ccccc1CNC1CC1)C1CC1. The molecule has 1 aromatic rings. The third kappa shape index (κ3) is 3.48. The number of para-hydroxylation sites is 1. The molecule has 2 aliphatic carbocycles. The van der Waals surface area contributed by atoms with E-state index in [1.807, 2.05) is 0 Å². The molecule has 0 aliphatic heterocycles. The van der Waals surface area contributed by atoms with Gasteiger partial charge in [0.05, 0.1) is 6.61 Å². The maximum Gasteiger partial charge on any atom is 0.0637 e. The van der Waals surface area contributed by atoms with Gasteiger partial charge in [-0.15, -0.1) is 0 Å². The zero-order chi connectivity index (χ0) is 13.1. The van der Waals surface area contributed by atoms with Gasteiger partial charge in [0.2, 0.25) is 0 Å². The van der Waals surface area contributed by atoms with Crippen LogP contribution in [0.2, 0.25) is 0 Å². The number of hydrogen-bond acceptors (Lipinski definition) is 3. The minimum absolute atomic E-state index is 0.734. The van der Waals surface area contributed by atoms with Crippen LogP contribution in [0, 0.1) is 0 Å². The van der Waals surface area contributed by atoms with Gasteiger partial charge in [0.1, 0.15) is 0 Å². The number of nitrogens with zero attached hydrogens (tertiary/aromatic N) is 1. The molecule has 3 rings (SSSR count). The molecule has 2 saturated carbocycles. The van der Waals surface area contributed by atoms with Gasteiger partial charge in [0.25, 0.3) is 0 Å². The molecule has 19 heavy (non-hydrogen) atoms. The summed E-state index contributed by atoms with van der Waals surface area (Å²) < 4.78 is 5.26. The summed E-state index contributed by atoms with van der Waals surface area (Å²) in [7, 11) is 1.78. The second kappa shape index (κ2) is 5.93. The highest BCUT2D eigenvalue weighted by Gasteiger charge is 2.30. The Labute approximate surface area is 115 Å². The van der Waals surface area contributed by atoms with Crippen molar-refractivity contribution in [1.82, 2.24) is 5.32 Å². The first kappa shape index (κ1) is 12.9. The fourth-order valence-electron chi connectivity index (χ4n) is 2.56. The summed E-state index contributed by atoms with van der Waals surface area (Å²) in [5.41, 5.74) is 2.83. The van der Waals surface area contributed by atoms with Crippen LogP contribution >= 0.6 is 0 Å². The van der Waals surface area contributed by atoms with E-state index in [0.717, 1.165) is 31.8 Å². The van der Waals surface area contributed by atoms with Crippen molar-refractivity contribution in [3.05, 3.63) is 29.8 Å². The molecule has 3 heteroatoms. The fourth-order valence-corrected chi connectivity index (χ4v) is 2.56. The van der Waals surface area contributed by atoms with Crippen molar-refractivity contribution in [1.29, 1.82) is 0 Å². The van der Waals surface area contributed by atoms with Crippen LogP contribution in [0.15, 0.2) is 24.3 Å². The fraction of sp³-hybridized carbons (Fsp3) is 0.625. The molecule has 2 fully saturated rings. The summed E-state index contributed by atoms with van der Waals surface area (Å²) in [6.45, 7) is 2.81. The summed E-state index contributed by atoms with van der Waals surface area (Å²) in [6, 6.07) is 10.3. The number of rotatable bonds is 8. The Bertz CT molecular complexity index is 413. The average molecular weight is 260 g/mol. The molecular formula is C16H24N2O. The van der Waals surface area contributed by atoms with Gasteiger partial charge in [-0.1, -0.05) is 18.2 Å². The van der Waals surface area contributed by atoms with Gasteiger partial charge in [0, 0.05) is 38.0 Å². The van der Waals surface area contributed by atoms with Crippen LogP contribution < -0.4 is 10.2 Å². The number of ether oxygens (including phenoxy) is 1. The van der Waals surface area contributed by atoms with E-state index in [1.165, 1.54) is 36.9 Å². The van der Waals surface area contributed by atoms with E-state index in [1.54, 1.807) is 7.11 Å². The maximum absolute atomic E-state index is 5.26. The molecule has 0 bridgehead atoms. The second-order valence-electron chi connectivity index (χ2n) is 5.70. The van der Waals surface area contributed by atoms with Crippen LogP contribution in [-0.4, -0.2) is 32.3 Å². The zero-order valence-electron chi connectivity index (χ0n) is 11.8. The molecule has 0 atom stereocenters. The average Bonchev–Trinajstić information content (AvgIpc) is 3.30. The highest BCUT2D eigenvalue weighted by Crippen LogP contribution is 2.33. The van der Waals surface area contributed by atoms with Crippen LogP contribution in [0.3, 0.4) is 0 Å². The van der Waals surface area contributed by atoms with Crippen molar-refractivity contribution in [2.24, 2.45) is 0 Å². The van der Waals surface area contributed by atoms with E-state index in [-0.39, 0.29) is 0 Å². The number of hydrogen-bond donors (Lipinski definition) is 1. The molecule has 0 spiro atoms. The van der Waals surface area contributed by atoms with E-state index in [0.29, 0.717) is 0 Å². The van der Waals surface area contributed by atoms with Gasteiger partial charge < -0.3 is 15.0 Å². The predicted molar refractivity (Wildman–Crippen MR) is 78.5 cm³/mol. The molecule has 0 saturated heterocycles. The van der Waals surface area contributed by atoms with E-state index >= 15 is 0 Å². The minimum atomic E-state index is 0.734. The Morgan fingerprint density at radius 1 is 1.21 bits per heavy atom. The van der Waals surface area contributed by atoms with Crippen molar-refractivity contribution in [3.8, 4) is 0 Å². The summed E-state index contributed by atoms with van der Waals surface area (Å²) in [5.74, 6) is 0. The highest BCUT2D eigenvalue weighted by atomic mass is 16.5. The summed E-state index contributed by atoms with van der Waals surface area (Å²) in [4.78, 5) is 2.54. The Morgan fingerprint density at radius 2 is 2.00 bits per heavy atom. The van der Waals surface area contributed by atoms with E-state index < -0.39 is 0 Å². The molecule has 3 nitrogen and oxygen atoms in total. The lowest BCUT2D eigenvalue weighted by atomic mass is 10.1. The quantitative estimate of drug-likeness (QED) is 0.777. The Morgan fingerprint density at radius 3 is 2.68 bits per heavy atom. The van der Waals surface area contributed by atoms with Gasteiger partial charge in [0.15, 0.2) is 0 Å². The van der Waals surface area contributed by atoms with Crippen molar-refractivity contribution in [2.75, 3.05) is 25.2 Å². The van der Waals surface area contributed by atoms with Crippen molar-refractivity contribution < 1.29 is 4.74 Å². The largest absolute Gasteiger partial charge is 0.383 e. The molecule has 0 heterocycles. The third-order valence-electron chi connectivity index (χ3n) is 3.98. The third-order valence-corrected chi connectivity index (χ3v) is 3.98. The normalized spacial score (nSPS) is 18.6. The topological polar surface area (TPSA) is 24.5 Å². The number of nitrogens with one attached hydrogen (secondary N) is 1. The molecule has 0 radical (unpaired) electrons. The lowest BCUT2D eigenvalue weighted by Gasteiger charge is -2.27. The Hall–Kier alpha value is -1.06. The first-order valence-corrected chi connectivity index (χ1v) is 7.45. The van der Waals surface area contributed by atoms with E-state index in [2.05, 4.69) is 34.5 Å². The van der Waals surface area contributed by atoms with Crippen molar-refractivity contribution >= 4 is 5.69 Å². The summed E-state index contributed by atoms with van der Waals surface area (Å²) in [6.07, 6.45) is 5.35. The lowest BCUT2D eigenvalue weighted by Crippen LogP contribution is -2.31. The van der Waals surface area contributed by atoms with Gasteiger partial charge in [-0.3, -0.25) is 0 Å². The van der Waals surface area contributed by atoms with E-state index in [4.69, 9.17) is 4.74 Å². The minimum Gasteiger partial charge on any atom is -0.383 e. The van der Waals surface area contributed by atoms with Crippen LogP contribution in [0.4, 0.5) is 5.69 Å². The summed E-state index contributed by atoms with van der Waals surface area (Å²) >= 11 is 0. The highest BCUT2D eigenvalue weighted by molar-refractivity contribution is 5.55. The number of methoxy groups -OCH3 is 1. The van der Waals surface area contributed by atoms with Crippen molar-refractivity contribution in [3.63, 3.8) is 0 Å². The van der Waals surface area contributed by atoms with Crippen LogP contribution in [0.1, 0.15) is 31.2 Å². The molecule has 1 N–H and O–H groups in total. The van der Waals surface area contributed by atoms with Crippen LogP contribution in [0.25, 0.3) is 0 Å². The number of anilines is 1. The smallest absolute Gasteiger partial charge is 0.0637 e.